The van der Waals surface area contributed by atoms with Gasteiger partial charge in [-0.2, -0.15) is 0 Å². The molecule has 0 aliphatic carbocycles. The summed E-state index contributed by atoms with van der Waals surface area (Å²) in [5, 5.41) is 6.39. The Morgan fingerprint density at radius 2 is 1.73 bits per heavy atom. The van der Waals surface area contributed by atoms with Crippen molar-refractivity contribution in [3.63, 3.8) is 0 Å². The smallest absolute Gasteiger partial charge is 0.256 e. The van der Waals surface area contributed by atoms with Crippen molar-refractivity contribution in [2.45, 2.75) is 53.1 Å². The molecule has 8 heteroatoms. The molecular formula is C25H28ClN3O4. The number of rotatable bonds is 5. The molecule has 0 saturated carbocycles. The SMILES string of the molecule is [2H]C(Nc1c(Nc2ccc(Cl)c3c2C(=O)N(C)C3(C)C)c(=O)c1=O)(c1ccc(C)o1)C(C)(C)C. The Hall–Kier alpha value is -3.06. The van der Waals surface area contributed by atoms with E-state index in [0.29, 0.717) is 33.4 Å². The second-order valence-electron chi connectivity index (χ2n) is 9.96. The minimum absolute atomic E-state index is 0.00108. The van der Waals surface area contributed by atoms with Gasteiger partial charge in [-0.05, 0) is 50.5 Å². The van der Waals surface area contributed by atoms with E-state index >= 15 is 0 Å². The molecule has 1 amide bonds. The molecule has 0 bridgehead atoms. The molecule has 33 heavy (non-hydrogen) atoms. The van der Waals surface area contributed by atoms with Crippen LogP contribution in [0.1, 0.15) is 69.4 Å². The van der Waals surface area contributed by atoms with Crippen molar-refractivity contribution in [2.75, 3.05) is 17.7 Å². The van der Waals surface area contributed by atoms with Gasteiger partial charge >= 0.3 is 0 Å². The van der Waals surface area contributed by atoms with Crippen molar-refractivity contribution in [1.29, 1.82) is 0 Å². The molecule has 174 valence electrons. The summed E-state index contributed by atoms with van der Waals surface area (Å²) >= 11 is 6.44. The van der Waals surface area contributed by atoms with Crippen LogP contribution in [0, 0.1) is 12.3 Å². The molecule has 1 aliphatic rings. The minimum Gasteiger partial charge on any atom is -0.464 e. The van der Waals surface area contributed by atoms with Crippen molar-refractivity contribution < 1.29 is 10.6 Å². The van der Waals surface area contributed by atoms with Crippen LogP contribution in [0.2, 0.25) is 5.02 Å². The maximum atomic E-state index is 13.0. The molecule has 1 aromatic heterocycles. The van der Waals surface area contributed by atoms with Crippen molar-refractivity contribution in [1.82, 2.24) is 4.90 Å². The summed E-state index contributed by atoms with van der Waals surface area (Å²) in [6, 6.07) is 5.16. The molecule has 2 aromatic carbocycles. The van der Waals surface area contributed by atoms with Gasteiger partial charge in [0.2, 0.25) is 0 Å². The van der Waals surface area contributed by atoms with Gasteiger partial charge in [0.15, 0.2) is 0 Å². The Morgan fingerprint density at radius 3 is 2.30 bits per heavy atom. The third-order valence-electron chi connectivity index (χ3n) is 6.28. The van der Waals surface area contributed by atoms with E-state index in [-0.39, 0.29) is 17.3 Å². The molecule has 0 fully saturated rings. The Labute approximate surface area is 198 Å². The Kier molecular flexibility index (Phi) is 4.94. The highest BCUT2D eigenvalue weighted by Gasteiger charge is 2.44. The molecular weight excluding hydrogens is 442 g/mol. The molecule has 3 aromatic rings. The van der Waals surface area contributed by atoms with Crippen molar-refractivity contribution in [2.24, 2.45) is 5.41 Å². The third kappa shape index (κ3) is 3.55. The zero-order chi connectivity index (χ0) is 25.4. The fraction of sp³-hybridized carbons (Fsp3) is 0.400. The van der Waals surface area contributed by atoms with E-state index in [0.717, 1.165) is 0 Å². The van der Waals surface area contributed by atoms with Crippen LogP contribution in [0.5, 0.6) is 0 Å². The molecule has 0 saturated heterocycles. The first-order valence-electron chi connectivity index (χ1n) is 11.2. The van der Waals surface area contributed by atoms with Crippen LogP contribution in [0.3, 0.4) is 0 Å². The molecule has 1 atom stereocenters. The first-order chi connectivity index (χ1) is 15.6. The number of nitrogens with one attached hydrogen (secondary N) is 2. The predicted molar refractivity (Wildman–Crippen MR) is 130 cm³/mol. The van der Waals surface area contributed by atoms with Gasteiger partial charge in [0.1, 0.15) is 22.9 Å². The number of carbonyl (C=O) groups excluding carboxylic acids is 1. The number of hydrogen-bond donors (Lipinski definition) is 2. The summed E-state index contributed by atoms with van der Waals surface area (Å²) in [6.07, 6.45) is 0. The first kappa shape index (κ1) is 21.8. The molecule has 0 radical (unpaired) electrons. The van der Waals surface area contributed by atoms with Crippen LogP contribution >= 0.6 is 11.6 Å². The van der Waals surface area contributed by atoms with Crippen LogP contribution < -0.4 is 21.5 Å². The van der Waals surface area contributed by atoms with Gasteiger partial charge in [0, 0.05) is 17.6 Å². The normalized spacial score (nSPS) is 17.6. The summed E-state index contributed by atoms with van der Waals surface area (Å²) in [7, 11) is 1.69. The van der Waals surface area contributed by atoms with E-state index in [2.05, 4.69) is 10.6 Å². The largest absolute Gasteiger partial charge is 0.464 e. The lowest BCUT2D eigenvalue weighted by Gasteiger charge is -2.31. The average molecular weight is 471 g/mol. The first-order valence-corrected chi connectivity index (χ1v) is 11.1. The number of aryl methyl sites for hydroxylation is 1. The molecule has 4 rings (SSSR count). The lowest BCUT2D eigenvalue weighted by molar-refractivity contribution is 0.0692. The Bertz CT molecular complexity index is 1390. The average Bonchev–Trinajstić information content (AvgIpc) is 3.27. The molecule has 1 aliphatic heterocycles. The van der Waals surface area contributed by atoms with Gasteiger partial charge in [-0.3, -0.25) is 14.4 Å². The number of nitrogens with zero attached hydrogens (tertiary/aromatic N) is 1. The monoisotopic (exact) mass is 470 g/mol. The maximum Gasteiger partial charge on any atom is 0.256 e. The van der Waals surface area contributed by atoms with E-state index in [1.165, 1.54) is 0 Å². The molecule has 2 N–H and O–H groups in total. The molecule has 2 heterocycles. The van der Waals surface area contributed by atoms with Crippen LogP contribution in [-0.4, -0.2) is 17.9 Å². The van der Waals surface area contributed by atoms with Crippen molar-refractivity contribution in [3.8, 4) is 0 Å². The lowest BCUT2D eigenvalue weighted by atomic mass is 9.84. The van der Waals surface area contributed by atoms with Crippen LogP contribution in [0.4, 0.5) is 17.1 Å². The van der Waals surface area contributed by atoms with Gasteiger partial charge in [0.05, 0.1) is 24.2 Å². The molecule has 7 nitrogen and oxygen atoms in total. The molecule has 0 spiro atoms. The second-order valence-corrected chi connectivity index (χ2v) is 10.4. The van der Waals surface area contributed by atoms with Gasteiger partial charge in [0.25, 0.3) is 16.8 Å². The van der Waals surface area contributed by atoms with Crippen LogP contribution in [0.15, 0.2) is 38.3 Å². The van der Waals surface area contributed by atoms with Crippen LogP contribution in [-0.2, 0) is 5.54 Å². The third-order valence-corrected chi connectivity index (χ3v) is 6.60. The topological polar surface area (TPSA) is 91.6 Å². The second kappa shape index (κ2) is 7.48. The zero-order valence-electron chi connectivity index (χ0n) is 20.8. The Balaban J connectivity index is 1.79. The van der Waals surface area contributed by atoms with Gasteiger partial charge in [-0.1, -0.05) is 32.4 Å². The van der Waals surface area contributed by atoms with E-state index in [1.807, 2.05) is 34.6 Å². The van der Waals surface area contributed by atoms with Gasteiger partial charge in [-0.15, -0.1) is 0 Å². The summed E-state index contributed by atoms with van der Waals surface area (Å²) in [4.78, 5) is 39.8. The number of halogens is 1. The summed E-state index contributed by atoms with van der Waals surface area (Å²) in [5.41, 5.74) is -1.46. The number of carbonyl (C=O) groups is 1. The fourth-order valence-corrected chi connectivity index (χ4v) is 4.56. The number of hydrogen-bond acceptors (Lipinski definition) is 6. The van der Waals surface area contributed by atoms with E-state index in [9.17, 15) is 15.8 Å². The quantitative estimate of drug-likeness (QED) is 0.504. The highest BCUT2D eigenvalue weighted by atomic mass is 35.5. The standard InChI is InChI=1S/C25H28ClN3O4/c1-12-8-11-15(33-12)22(24(2,3)4)28-19-18(20(30)21(19)31)27-14-10-9-13(26)17-16(14)23(32)29(7)25(17,5)6/h8-11,22,27-28H,1-7H3/i22D. The highest BCUT2D eigenvalue weighted by molar-refractivity contribution is 6.32. The lowest BCUT2D eigenvalue weighted by Crippen LogP contribution is -2.39. The maximum absolute atomic E-state index is 13.0. The van der Waals surface area contributed by atoms with E-state index in [4.69, 9.17) is 16.0 Å². The number of benzene rings is 1. The predicted octanol–water partition coefficient (Wildman–Crippen LogP) is 5.10. The number of fused-ring (bicyclic) bond motifs is 1. The van der Waals surface area contributed by atoms with Crippen molar-refractivity contribution >= 4 is 34.6 Å². The number of furan rings is 1. The summed E-state index contributed by atoms with van der Waals surface area (Å²) < 4.78 is 14.9. The van der Waals surface area contributed by atoms with Gasteiger partial charge < -0.3 is 20.0 Å². The van der Waals surface area contributed by atoms with Crippen molar-refractivity contribution in [3.05, 3.63) is 72.4 Å². The summed E-state index contributed by atoms with van der Waals surface area (Å²) in [6.45, 7) is 11.1. The molecule has 1 unspecified atom stereocenters. The fourth-order valence-electron chi connectivity index (χ4n) is 4.17. The van der Waals surface area contributed by atoms with E-state index < -0.39 is 27.8 Å². The number of amides is 1. The van der Waals surface area contributed by atoms with Crippen LogP contribution in [0.25, 0.3) is 0 Å². The number of anilines is 3. The zero-order valence-corrected chi connectivity index (χ0v) is 20.5. The minimum atomic E-state index is -1.54. The van der Waals surface area contributed by atoms with Gasteiger partial charge in [-0.25, -0.2) is 0 Å². The Morgan fingerprint density at radius 1 is 1.09 bits per heavy atom. The highest BCUT2D eigenvalue weighted by Crippen LogP contribution is 2.45. The summed E-state index contributed by atoms with van der Waals surface area (Å²) in [5.74, 6) is 0.708. The van der Waals surface area contributed by atoms with E-state index in [1.54, 1.807) is 43.1 Å².